The van der Waals surface area contributed by atoms with E-state index in [1.807, 2.05) is 0 Å². The van der Waals surface area contributed by atoms with Crippen LogP contribution >= 0.6 is 35.0 Å². The van der Waals surface area contributed by atoms with Gasteiger partial charge in [-0.05, 0) is 30.3 Å². The summed E-state index contributed by atoms with van der Waals surface area (Å²) in [6, 6.07) is 11.0. The Bertz CT molecular complexity index is 920. The van der Waals surface area contributed by atoms with Gasteiger partial charge in [0.15, 0.2) is 0 Å². The monoisotopic (exact) mass is 397 g/mol. The van der Waals surface area contributed by atoms with Crippen LogP contribution in [0.15, 0.2) is 52.1 Å². The van der Waals surface area contributed by atoms with Crippen molar-refractivity contribution >= 4 is 46.6 Å². The highest BCUT2D eigenvalue weighted by atomic mass is 35.5. The molecule has 1 N–H and O–H groups in total. The Balaban J connectivity index is 1.59. The minimum atomic E-state index is -0.549. The summed E-state index contributed by atoms with van der Waals surface area (Å²) in [5, 5.41) is 11.1. The van der Waals surface area contributed by atoms with Crippen LogP contribution in [-0.2, 0) is 4.79 Å². The molecule has 0 saturated heterocycles. The highest BCUT2D eigenvalue weighted by Crippen LogP contribution is 2.28. The second kappa shape index (κ2) is 7.86. The third kappa shape index (κ3) is 4.50. The lowest BCUT2D eigenvalue weighted by Gasteiger charge is -2.04. The van der Waals surface area contributed by atoms with E-state index in [9.17, 15) is 9.18 Å². The van der Waals surface area contributed by atoms with E-state index in [4.69, 9.17) is 27.6 Å². The molecule has 0 spiro atoms. The average molecular weight is 398 g/mol. The van der Waals surface area contributed by atoms with Gasteiger partial charge in [0.25, 0.3) is 5.22 Å². The summed E-state index contributed by atoms with van der Waals surface area (Å²) >= 11 is 12.8. The summed E-state index contributed by atoms with van der Waals surface area (Å²) < 4.78 is 18.6. The van der Waals surface area contributed by atoms with Gasteiger partial charge in [-0.3, -0.25) is 4.79 Å². The van der Waals surface area contributed by atoms with Crippen molar-refractivity contribution in [1.82, 2.24) is 10.2 Å². The number of hydrogen-bond donors (Lipinski definition) is 1. The van der Waals surface area contributed by atoms with Gasteiger partial charge in [-0.2, -0.15) is 0 Å². The van der Waals surface area contributed by atoms with Gasteiger partial charge in [0.2, 0.25) is 11.8 Å². The van der Waals surface area contributed by atoms with Crippen LogP contribution < -0.4 is 5.32 Å². The van der Waals surface area contributed by atoms with Crippen LogP contribution in [-0.4, -0.2) is 21.9 Å². The molecule has 3 aromatic rings. The lowest BCUT2D eigenvalue weighted by Crippen LogP contribution is -2.14. The largest absolute Gasteiger partial charge is 0.411 e. The molecule has 0 aliphatic heterocycles. The lowest BCUT2D eigenvalue weighted by molar-refractivity contribution is -0.113. The highest BCUT2D eigenvalue weighted by molar-refractivity contribution is 7.99. The zero-order chi connectivity index (χ0) is 17.8. The molecule has 0 unspecified atom stereocenters. The van der Waals surface area contributed by atoms with E-state index < -0.39 is 5.82 Å². The van der Waals surface area contributed by atoms with Crippen LogP contribution in [0.1, 0.15) is 0 Å². The fourth-order valence-corrected chi connectivity index (χ4v) is 2.87. The first-order valence-corrected chi connectivity index (χ1v) is 8.73. The van der Waals surface area contributed by atoms with Crippen molar-refractivity contribution < 1.29 is 13.6 Å². The van der Waals surface area contributed by atoms with Gasteiger partial charge in [0, 0.05) is 5.69 Å². The average Bonchev–Trinajstić information content (AvgIpc) is 3.05. The number of halogens is 3. The molecule has 1 amide bonds. The van der Waals surface area contributed by atoms with Crippen molar-refractivity contribution in [2.24, 2.45) is 0 Å². The predicted octanol–water partition coefficient (Wildman–Crippen LogP) is 4.91. The number of nitrogens with one attached hydrogen (secondary N) is 1. The Morgan fingerprint density at radius 1 is 1.16 bits per heavy atom. The van der Waals surface area contributed by atoms with Gasteiger partial charge in [-0.25, -0.2) is 4.39 Å². The molecule has 0 bridgehead atoms. The molecule has 9 heteroatoms. The lowest BCUT2D eigenvalue weighted by atomic mass is 10.2. The van der Waals surface area contributed by atoms with Gasteiger partial charge < -0.3 is 9.73 Å². The molecule has 2 aromatic carbocycles. The van der Waals surface area contributed by atoms with Crippen molar-refractivity contribution in [3.05, 3.63) is 58.3 Å². The third-order valence-corrected chi connectivity index (χ3v) is 4.48. The molecule has 0 fully saturated rings. The van der Waals surface area contributed by atoms with E-state index >= 15 is 0 Å². The number of benzene rings is 2. The topological polar surface area (TPSA) is 68.0 Å². The summed E-state index contributed by atoms with van der Waals surface area (Å²) in [6.07, 6.45) is 0. The number of hydrogen-bond acceptors (Lipinski definition) is 5. The van der Waals surface area contributed by atoms with E-state index in [-0.39, 0.29) is 27.8 Å². The SMILES string of the molecule is O=C(CSc1nnc(-c2ccccc2Cl)o1)Nc1ccc(F)c(Cl)c1. The van der Waals surface area contributed by atoms with E-state index in [1.165, 1.54) is 18.2 Å². The summed E-state index contributed by atoms with van der Waals surface area (Å²) in [6.45, 7) is 0. The van der Waals surface area contributed by atoms with E-state index in [0.717, 1.165) is 11.8 Å². The Kier molecular flexibility index (Phi) is 5.57. The third-order valence-electron chi connectivity index (χ3n) is 3.04. The van der Waals surface area contributed by atoms with Crippen molar-refractivity contribution in [2.75, 3.05) is 11.1 Å². The van der Waals surface area contributed by atoms with Gasteiger partial charge in [-0.15, -0.1) is 10.2 Å². The van der Waals surface area contributed by atoms with E-state index in [1.54, 1.807) is 24.3 Å². The maximum absolute atomic E-state index is 13.1. The summed E-state index contributed by atoms with van der Waals surface area (Å²) in [7, 11) is 0. The van der Waals surface area contributed by atoms with Crippen molar-refractivity contribution in [1.29, 1.82) is 0 Å². The second-order valence-corrected chi connectivity index (χ2v) is 6.56. The van der Waals surface area contributed by atoms with E-state index in [0.29, 0.717) is 16.3 Å². The maximum Gasteiger partial charge on any atom is 0.277 e. The number of anilines is 1. The molecule has 1 aromatic heterocycles. The van der Waals surface area contributed by atoms with Gasteiger partial charge in [0.1, 0.15) is 5.82 Å². The van der Waals surface area contributed by atoms with Crippen LogP contribution in [0.4, 0.5) is 10.1 Å². The van der Waals surface area contributed by atoms with Gasteiger partial charge in [0.05, 0.1) is 21.4 Å². The predicted molar refractivity (Wildman–Crippen MR) is 95.5 cm³/mol. The van der Waals surface area contributed by atoms with Crippen molar-refractivity contribution in [3.8, 4) is 11.5 Å². The number of carbonyl (C=O) groups excluding carboxylic acids is 1. The van der Waals surface area contributed by atoms with Crippen LogP contribution in [0, 0.1) is 5.82 Å². The summed E-state index contributed by atoms with van der Waals surface area (Å²) in [5.41, 5.74) is 1.02. The Hall–Kier alpha value is -2.09. The Labute approximate surface area is 156 Å². The molecule has 0 aliphatic rings. The molecule has 128 valence electrons. The molecular formula is C16H10Cl2FN3O2S. The standard InChI is InChI=1S/C16H10Cl2FN3O2S/c17-11-4-2-1-3-10(11)15-21-22-16(24-15)25-8-14(23)20-9-5-6-13(19)12(18)7-9/h1-7H,8H2,(H,20,23). The van der Waals surface area contributed by atoms with Crippen LogP contribution in [0.5, 0.6) is 0 Å². The number of carbonyl (C=O) groups is 1. The fraction of sp³-hybridized carbons (Fsp3) is 0.0625. The van der Waals surface area contributed by atoms with E-state index in [2.05, 4.69) is 15.5 Å². The summed E-state index contributed by atoms with van der Waals surface area (Å²) in [4.78, 5) is 11.9. The molecule has 0 atom stereocenters. The smallest absolute Gasteiger partial charge is 0.277 e. The quantitative estimate of drug-likeness (QED) is 0.619. The highest BCUT2D eigenvalue weighted by Gasteiger charge is 2.13. The fourth-order valence-electron chi connectivity index (χ4n) is 1.91. The Morgan fingerprint density at radius 3 is 2.72 bits per heavy atom. The normalized spacial score (nSPS) is 10.7. The Morgan fingerprint density at radius 2 is 1.96 bits per heavy atom. The minimum Gasteiger partial charge on any atom is -0.411 e. The first kappa shape index (κ1) is 17.7. The molecular weight excluding hydrogens is 388 g/mol. The van der Waals surface area contributed by atoms with Crippen molar-refractivity contribution in [3.63, 3.8) is 0 Å². The molecule has 3 rings (SSSR count). The number of thioether (sulfide) groups is 1. The van der Waals surface area contributed by atoms with Crippen molar-refractivity contribution in [2.45, 2.75) is 5.22 Å². The molecule has 1 heterocycles. The number of aromatic nitrogens is 2. The summed E-state index contributed by atoms with van der Waals surface area (Å²) in [5.74, 6) is -0.546. The molecule has 5 nitrogen and oxygen atoms in total. The van der Waals surface area contributed by atoms with Crippen LogP contribution in [0.25, 0.3) is 11.5 Å². The minimum absolute atomic E-state index is 0.0408. The molecule has 25 heavy (non-hydrogen) atoms. The van der Waals surface area contributed by atoms with Crippen LogP contribution in [0.2, 0.25) is 10.0 Å². The zero-order valence-electron chi connectivity index (χ0n) is 12.5. The second-order valence-electron chi connectivity index (χ2n) is 4.82. The molecule has 0 aliphatic carbocycles. The van der Waals surface area contributed by atoms with Gasteiger partial charge >= 0.3 is 0 Å². The maximum atomic E-state index is 13.1. The number of amides is 1. The first-order valence-electron chi connectivity index (χ1n) is 6.99. The number of nitrogens with zero attached hydrogens (tertiary/aromatic N) is 2. The van der Waals surface area contributed by atoms with Crippen LogP contribution in [0.3, 0.4) is 0 Å². The van der Waals surface area contributed by atoms with Gasteiger partial charge in [-0.1, -0.05) is 47.1 Å². The first-order chi connectivity index (χ1) is 12.0. The zero-order valence-corrected chi connectivity index (χ0v) is 14.8. The molecule has 0 radical (unpaired) electrons. The molecule has 0 saturated carbocycles. The number of rotatable bonds is 5.